The number of carbonyl (C=O) groups excluding carboxylic acids is 4. The van der Waals surface area contributed by atoms with Crippen LogP contribution in [-0.4, -0.2) is 78.7 Å². The first-order chi connectivity index (χ1) is 45.2. The van der Waals surface area contributed by atoms with Crippen LogP contribution in [0, 0.1) is 23.7 Å². The largest absolute Gasteiger partial charge is 0.450 e. The molecule has 4 atom stereocenters. The second-order valence-corrected chi connectivity index (χ2v) is 28.1. The molecule has 0 saturated heterocycles. The van der Waals surface area contributed by atoms with Gasteiger partial charge >= 0.3 is 24.2 Å². The van der Waals surface area contributed by atoms with Gasteiger partial charge in [0.1, 0.15) is 0 Å². The molecule has 12 nitrogen and oxygen atoms in total. The molecule has 6 amide bonds. The third-order valence-electron chi connectivity index (χ3n) is 19.9. The summed E-state index contributed by atoms with van der Waals surface area (Å²) < 4.78 is 10.3. The van der Waals surface area contributed by atoms with Crippen molar-refractivity contribution < 1.29 is 28.7 Å². The van der Waals surface area contributed by atoms with Gasteiger partial charge in [0.25, 0.3) is 0 Å². The van der Waals surface area contributed by atoms with E-state index in [0.717, 1.165) is 75.3 Å². The maximum Gasteiger partial charge on any atom is 0.406 e. The minimum atomic E-state index is -0.317. The van der Waals surface area contributed by atoms with Crippen molar-refractivity contribution in [1.29, 1.82) is 0 Å². The van der Waals surface area contributed by atoms with E-state index in [0.29, 0.717) is 13.2 Å². The highest BCUT2D eigenvalue weighted by atomic mass is 16.6. The second-order valence-electron chi connectivity index (χ2n) is 28.1. The van der Waals surface area contributed by atoms with Crippen LogP contribution in [-0.2, 0) is 9.47 Å². The van der Waals surface area contributed by atoms with Gasteiger partial charge in [0.15, 0.2) is 0 Å². The lowest BCUT2D eigenvalue weighted by atomic mass is 9.78. The lowest BCUT2D eigenvalue weighted by Gasteiger charge is -2.28. The summed E-state index contributed by atoms with van der Waals surface area (Å²) in [5, 5.41) is 16.1. The highest BCUT2D eigenvalue weighted by molar-refractivity contribution is 5.73. The molecule has 12 heteroatoms. The number of ether oxygens (including phenoxy) is 2. The third-order valence-corrected chi connectivity index (χ3v) is 19.9. The van der Waals surface area contributed by atoms with Gasteiger partial charge in [0.2, 0.25) is 0 Å². The van der Waals surface area contributed by atoms with E-state index in [-0.39, 0.29) is 39.1 Å². The quantitative estimate of drug-likeness (QED) is 0.0333. The molecule has 564 valence electrons. The Bertz CT molecular complexity index is 1290. The third kappa shape index (κ3) is 73.3. The number of urea groups is 2. The van der Waals surface area contributed by atoms with E-state index >= 15 is 0 Å². The molecule has 6 N–H and O–H groups in total. The summed E-state index contributed by atoms with van der Waals surface area (Å²) in [7, 11) is 6.57. The van der Waals surface area contributed by atoms with Crippen LogP contribution in [0.15, 0.2) is 0 Å². The summed E-state index contributed by atoms with van der Waals surface area (Å²) in [6.07, 6.45) is 80.6. The predicted octanol–water partition coefficient (Wildman–Crippen LogP) is 25.8. The molecule has 0 fully saturated rings. The van der Waals surface area contributed by atoms with Crippen LogP contribution in [0.25, 0.3) is 0 Å². The van der Waals surface area contributed by atoms with E-state index in [1.807, 2.05) is 0 Å². The Balaban J connectivity index is -0.000000844. The topological polar surface area (TPSA) is 159 Å². The standard InChI is InChI=1S/C40H82N4O2.C40H80N2O4.2CH4/c1-5-7-9-11-13-19-25-31-37(33-27-21-15-17-23-29-35-43-39(45)41-3)38(32-26-20-14-12-10-8-6-2)34-28-22-16-18-24-30-36-44-40(46)42-4;1-5-7-9-11-13-19-25-31-37(33-27-21-15-17-23-29-35-45-39(43)41-3)38(32-26-20-14-12-10-8-6-2)34-28-22-16-18-24-30-36-46-40(44)42-4;;/h37-38H,5-36H2,1-4H3,(H2,41,43,45)(H2,42,44,46);37-38H,5-36H2,1-4H3,(H,41,43)(H,42,44);2*1H4. The van der Waals surface area contributed by atoms with Crippen molar-refractivity contribution in [2.45, 2.75) is 428 Å². The average Bonchev–Trinajstić information content (AvgIpc) is 1.35. The predicted molar refractivity (Wildman–Crippen MR) is 413 cm³/mol. The maximum atomic E-state index is 11.3. The second kappa shape index (κ2) is 82.5. The van der Waals surface area contributed by atoms with Crippen molar-refractivity contribution in [3.05, 3.63) is 0 Å². The fraction of sp³-hybridized carbons (Fsp3) is 0.951. The molecule has 4 unspecified atom stereocenters. The number of nitrogens with one attached hydrogen (secondary N) is 6. The minimum absolute atomic E-state index is 0. The van der Waals surface area contributed by atoms with Crippen molar-refractivity contribution in [2.24, 2.45) is 23.7 Å². The number of carbonyl (C=O) groups is 4. The van der Waals surface area contributed by atoms with Crippen LogP contribution < -0.4 is 31.9 Å². The molecule has 0 saturated carbocycles. The fourth-order valence-corrected chi connectivity index (χ4v) is 13.9. The van der Waals surface area contributed by atoms with Gasteiger partial charge in [-0.2, -0.15) is 0 Å². The van der Waals surface area contributed by atoms with E-state index < -0.39 is 0 Å². The maximum absolute atomic E-state index is 11.3. The van der Waals surface area contributed by atoms with Crippen LogP contribution in [0.4, 0.5) is 19.2 Å². The monoisotopic (exact) mass is 1340 g/mol. The number of rotatable bonds is 70. The van der Waals surface area contributed by atoms with Crippen molar-refractivity contribution in [1.82, 2.24) is 31.9 Å². The van der Waals surface area contributed by atoms with Gasteiger partial charge < -0.3 is 41.4 Å². The Morgan fingerprint density at radius 1 is 0.234 bits per heavy atom. The molecule has 0 spiro atoms. The van der Waals surface area contributed by atoms with E-state index in [1.165, 1.54) is 347 Å². The molecule has 94 heavy (non-hydrogen) atoms. The van der Waals surface area contributed by atoms with E-state index in [4.69, 9.17) is 9.47 Å². The number of alkyl carbamates (subject to hydrolysis) is 2. The number of unbranched alkanes of at least 4 members (excludes halogenated alkanes) is 44. The molecule has 0 aliphatic carbocycles. The lowest BCUT2D eigenvalue weighted by Crippen LogP contribution is -2.33. The summed E-state index contributed by atoms with van der Waals surface area (Å²) in [6, 6.07) is -0.129. The molecule has 0 aromatic heterocycles. The van der Waals surface area contributed by atoms with Gasteiger partial charge in [0.05, 0.1) is 13.2 Å². The molecule has 0 rings (SSSR count). The molecule has 0 aliphatic rings. The molecule has 0 heterocycles. The average molecular weight is 1340 g/mol. The van der Waals surface area contributed by atoms with Gasteiger partial charge in [-0.25, -0.2) is 19.2 Å². The van der Waals surface area contributed by atoms with Crippen molar-refractivity contribution >= 4 is 24.2 Å². The zero-order chi connectivity index (χ0) is 67.5. The van der Waals surface area contributed by atoms with E-state index in [2.05, 4.69) is 59.6 Å². The van der Waals surface area contributed by atoms with E-state index in [1.54, 1.807) is 28.2 Å². The minimum Gasteiger partial charge on any atom is -0.450 e. The summed E-state index contributed by atoms with van der Waals surface area (Å²) in [6.45, 7) is 11.9. The fourth-order valence-electron chi connectivity index (χ4n) is 13.9. The first kappa shape index (κ1) is 97.5. The van der Waals surface area contributed by atoms with Crippen molar-refractivity contribution in [3.63, 3.8) is 0 Å². The molecule has 0 radical (unpaired) electrons. The normalized spacial score (nSPS) is 12.3. The van der Waals surface area contributed by atoms with Gasteiger partial charge in [-0.05, 0) is 49.4 Å². The molecule has 0 aromatic rings. The molecule has 0 aromatic carbocycles. The summed E-state index contributed by atoms with van der Waals surface area (Å²) in [5.74, 6) is 3.64. The Hall–Kier alpha value is -2.92. The number of hydrogen-bond acceptors (Lipinski definition) is 6. The van der Waals surface area contributed by atoms with Gasteiger partial charge in [-0.1, -0.05) is 402 Å². The van der Waals surface area contributed by atoms with Gasteiger partial charge in [-0.15, -0.1) is 0 Å². The summed E-state index contributed by atoms with van der Waals surface area (Å²) >= 11 is 0. The Labute approximate surface area is 587 Å². The van der Waals surface area contributed by atoms with Crippen molar-refractivity contribution in [2.75, 3.05) is 54.5 Å². The number of amides is 6. The zero-order valence-corrected chi connectivity index (χ0v) is 63.0. The van der Waals surface area contributed by atoms with E-state index in [9.17, 15) is 19.2 Å². The van der Waals surface area contributed by atoms with Crippen LogP contribution in [0.2, 0.25) is 0 Å². The Morgan fingerprint density at radius 3 is 0.585 bits per heavy atom. The highest BCUT2D eigenvalue weighted by Gasteiger charge is 2.22. The Morgan fingerprint density at radius 2 is 0.404 bits per heavy atom. The first-order valence-corrected chi connectivity index (χ1v) is 40.8. The van der Waals surface area contributed by atoms with Crippen LogP contribution >= 0.6 is 0 Å². The summed E-state index contributed by atoms with van der Waals surface area (Å²) in [5.41, 5.74) is 0. The number of hydrogen-bond donors (Lipinski definition) is 6. The first-order valence-electron chi connectivity index (χ1n) is 40.8. The van der Waals surface area contributed by atoms with Gasteiger partial charge in [-0.3, -0.25) is 0 Å². The smallest absolute Gasteiger partial charge is 0.406 e. The van der Waals surface area contributed by atoms with Crippen LogP contribution in [0.5, 0.6) is 0 Å². The van der Waals surface area contributed by atoms with Gasteiger partial charge in [0, 0.05) is 41.3 Å². The SMILES string of the molecule is C.C.CCCCCCCCCC(CCCCCCCCNC(=O)NC)C(CCCCCCCCC)CCCCCCCCNC(=O)NC.CCCCCCCCCC(CCCCCCCCOC(=O)NC)C(CCCCCCCCC)CCCCCCCCOC(=O)NC. The zero-order valence-electron chi connectivity index (χ0n) is 63.0. The summed E-state index contributed by atoms with van der Waals surface area (Å²) in [4.78, 5) is 45.1. The highest BCUT2D eigenvalue weighted by Crippen LogP contribution is 2.36. The molecule has 0 aliphatic heterocycles. The van der Waals surface area contributed by atoms with Crippen LogP contribution in [0.1, 0.15) is 428 Å². The Kier molecular flexibility index (Phi) is 85.5. The van der Waals surface area contributed by atoms with Crippen molar-refractivity contribution in [3.8, 4) is 0 Å². The molecule has 0 bridgehead atoms. The lowest BCUT2D eigenvalue weighted by molar-refractivity contribution is 0.145. The van der Waals surface area contributed by atoms with Crippen LogP contribution in [0.3, 0.4) is 0 Å². The molecular formula is C82H170N6O6. The molecular weight excluding hydrogens is 1160 g/mol.